The second-order valence-electron chi connectivity index (χ2n) is 6.88. The van der Waals surface area contributed by atoms with Crippen molar-refractivity contribution in [3.05, 3.63) is 29.3 Å². The fraction of sp³-hybridized carbons (Fsp3) is 0.611. The van der Waals surface area contributed by atoms with Crippen LogP contribution >= 0.6 is 0 Å². The smallest absolute Gasteiger partial charge is 0.245 e. The van der Waals surface area contributed by atoms with Gasteiger partial charge in [0.15, 0.2) is 9.84 Å². The summed E-state index contributed by atoms with van der Waals surface area (Å²) in [6.45, 7) is 4.29. The van der Waals surface area contributed by atoms with E-state index in [1.54, 1.807) is 4.90 Å². The van der Waals surface area contributed by atoms with Gasteiger partial charge in [-0.25, -0.2) is 8.42 Å². The van der Waals surface area contributed by atoms with Crippen LogP contribution in [0.25, 0.3) is 0 Å². The van der Waals surface area contributed by atoms with E-state index >= 15 is 0 Å². The average molecular weight is 350 g/mol. The van der Waals surface area contributed by atoms with E-state index in [0.29, 0.717) is 13.0 Å². The molecule has 0 bridgehead atoms. The van der Waals surface area contributed by atoms with E-state index in [1.807, 2.05) is 19.9 Å². The van der Waals surface area contributed by atoms with Crippen LogP contribution in [0.15, 0.2) is 18.2 Å². The van der Waals surface area contributed by atoms with Gasteiger partial charge >= 0.3 is 0 Å². The van der Waals surface area contributed by atoms with Crippen LogP contribution in [0, 0.1) is 0 Å². The Morgan fingerprint density at radius 3 is 2.75 bits per heavy atom. The number of amides is 1. The van der Waals surface area contributed by atoms with Crippen LogP contribution in [-0.4, -0.2) is 49.4 Å². The summed E-state index contributed by atoms with van der Waals surface area (Å²) >= 11 is 0. The second kappa shape index (κ2) is 6.75. The molecule has 0 unspecified atom stereocenters. The number of fused-ring (bicyclic) bond motifs is 1. The third-order valence-corrected chi connectivity index (χ3v) is 6.88. The Labute approximate surface area is 144 Å². The summed E-state index contributed by atoms with van der Waals surface area (Å²) in [5.41, 5.74) is 3.74. The molecule has 1 aromatic rings. The molecule has 1 fully saturated rings. The van der Waals surface area contributed by atoms with Gasteiger partial charge in [0, 0.05) is 18.3 Å². The van der Waals surface area contributed by atoms with Crippen molar-refractivity contribution in [3.63, 3.8) is 0 Å². The van der Waals surface area contributed by atoms with Gasteiger partial charge in [-0.2, -0.15) is 0 Å². The van der Waals surface area contributed by atoms with Crippen LogP contribution in [0.1, 0.15) is 37.8 Å². The lowest BCUT2D eigenvalue weighted by Crippen LogP contribution is -2.47. The fourth-order valence-corrected chi connectivity index (χ4v) is 5.57. The lowest BCUT2D eigenvalue weighted by molar-refractivity contribution is -0.133. The minimum absolute atomic E-state index is 0.0277. The number of hydrogen-bond acceptors (Lipinski definition) is 4. The molecule has 3 rings (SSSR count). The highest BCUT2D eigenvalue weighted by atomic mass is 32.2. The minimum Gasteiger partial charge on any atom is -0.374 e. The number of hydrogen-bond donors (Lipinski definition) is 1. The van der Waals surface area contributed by atoms with Crippen molar-refractivity contribution >= 4 is 21.4 Å². The van der Waals surface area contributed by atoms with Crippen LogP contribution in [0.2, 0.25) is 0 Å². The maximum absolute atomic E-state index is 12.8. The Balaban J connectivity index is 1.67. The quantitative estimate of drug-likeness (QED) is 0.882. The van der Waals surface area contributed by atoms with Crippen molar-refractivity contribution in [1.29, 1.82) is 0 Å². The molecule has 0 saturated carbocycles. The maximum Gasteiger partial charge on any atom is 0.245 e. The van der Waals surface area contributed by atoms with Gasteiger partial charge in [-0.3, -0.25) is 4.79 Å². The summed E-state index contributed by atoms with van der Waals surface area (Å²) in [6, 6.07) is 5.76. The molecule has 6 heteroatoms. The van der Waals surface area contributed by atoms with Gasteiger partial charge < -0.3 is 10.2 Å². The molecular formula is C18H26N2O3S. The van der Waals surface area contributed by atoms with Gasteiger partial charge in [-0.15, -0.1) is 0 Å². The number of anilines is 1. The third kappa shape index (κ3) is 3.58. The number of benzene rings is 1. The number of nitrogens with zero attached hydrogens (tertiary/aromatic N) is 1. The first-order valence-electron chi connectivity index (χ1n) is 8.79. The zero-order valence-electron chi connectivity index (χ0n) is 14.4. The van der Waals surface area contributed by atoms with Gasteiger partial charge in [0.2, 0.25) is 5.91 Å². The molecule has 1 saturated heterocycles. The van der Waals surface area contributed by atoms with Gasteiger partial charge in [0.25, 0.3) is 0 Å². The minimum atomic E-state index is -2.99. The molecule has 0 radical (unpaired) electrons. The predicted octanol–water partition coefficient (Wildman–Crippen LogP) is 2.01. The van der Waals surface area contributed by atoms with Crippen molar-refractivity contribution in [2.24, 2.45) is 0 Å². The standard InChI is InChI=1S/C18H26N2O3S/c1-3-20(17-9-10-24(22,23)12-17)18(21)13(2)19-16-8-7-14-5-4-6-15(14)11-16/h7-8,11,13,17,19H,3-6,9-10,12H2,1-2H3/t13-,17+/m1/s1. The third-order valence-electron chi connectivity index (χ3n) is 5.13. The lowest BCUT2D eigenvalue weighted by Gasteiger charge is -2.30. The van der Waals surface area contributed by atoms with Crippen LogP contribution < -0.4 is 5.32 Å². The molecule has 1 N–H and O–H groups in total. The second-order valence-corrected chi connectivity index (χ2v) is 9.11. The van der Waals surface area contributed by atoms with Crippen molar-refractivity contribution in [3.8, 4) is 0 Å². The highest BCUT2D eigenvalue weighted by Gasteiger charge is 2.35. The van der Waals surface area contributed by atoms with E-state index in [0.717, 1.165) is 18.5 Å². The Morgan fingerprint density at radius 1 is 1.33 bits per heavy atom. The summed E-state index contributed by atoms with van der Waals surface area (Å²) in [6.07, 6.45) is 4.00. The van der Waals surface area contributed by atoms with Crippen molar-refractivity contribution < 1.29 is 13.2 Å². The molecule has 0 aromatic heterocycles. The molecular weight excluding hydrogens is 324 g/mol. The first-order valence-corrected chi connectivity index (χ1v) is 10.6. The topological polar surface area (TPSA) is 66.5 Å². The fourth-order valence-electron chi connectivity index (χ4n) is 3.84. The van der Waals surface area contributed by atoms with Crippen molar-refractivity contribution in [2.45, 2.75) is 51.6 Å². The highest BCUT2D eigenvalue weighted by Crippen LogP contribution is 2.25. The highest BCUT2D eigenvalue weighted by molar-refractivity contribution is 7.91. The van der Waals surface area contributed by atoms with Crippen LogP contribution in [0.3, 0.4) is 0 Å². The summed E-state index contributed by atoms with van der Waals surface area (Å²) in [7, 11) is -2.99. The Bertz CT molecular complexity index is 730. The van der Waals surface area contributed by atoms with Crippen LogP contribution in [0.4, 0.5) is 5.69 Å². The summed E-state index contributed by atoms with van der Waals surface area (Å²) in [5, 5.41) is 3.29. The summed E-state index contributed by atoms with van der Waals surface area (Å²) < 4.78 is 23.4. The zero-order chi connectivity index (χ0) is 17.3. The van der Waals surface area contributed by atoms with Gasteiger partial charge in [-0.1, -0.05) is 6.07 Å². The Hall–Kier alpha value is -1.56. The summed E-state index contributed by atoms with van der Waals surface area (Å²) in [5.74, 6) is 0.256. The van der Waals surface area contributed by atoms with Crippen molar-refractivity contribution in [1.82, 2.24) is 4.90 Å². The molecule has 1 amide bonds. The Morgan fingerprint density at radius 2 is 2.08 bits per heavy atom. The van der Waals surface area contributed by atoms with Crippen LogP contribution in [0.5, 0.6) is 0 Å². The van der Waals surface area contributed by atoms with Gasteiger partial charge in [0.05, 0.1) is 11.5 Å². The number of rotatable bonds is 5. The first-order chi connectivity index (χ1) is 11.4. The average Bonchev–Trinajstić information content (AvgIpc) is 3.13. The van der Waals surface area contributed by atoms with E-state index in [1.165, 1.54) is 17.5 Å². The van der Waals surface area contributed by atoms with E-state index in [2.05, 4.69) is 17.4 Å². The van der Waals surface area contributed by atoms with E-state index in [-0.39, 0.29) is 29.5 Å². The molecule has 1 aliphatic carbocycles. The van der Waals surface area contributed by atoms with E-state index in [9.17, 15) is 13.2 Å². The SMILES string of the molecule is CCN(C(=O)[C@@H](C)Nc1ccc2c(c1)CCC2)[C@H]1CCS(=O)(=O)C1. The first kappa shape index (κ1) is 17.3. The molecule has 1 aromatic carbocycles. The summed E-state index contributed by atoms with van der Waals surface area (Å²) in [4.78, 5) is 14.5. The predicted molar refractivity (Wildman–Crippen MR) is 96.0 cm³/mol. The number of carbonyl (C=O) groups is 1. The van der Waals surface area contributed by atoms with E-state index in [4.69, 9.17) is 0 Å². The van der Waals surface area contributed by atoms with Gasteiger partial charge in [0.1, 0.15) is 6.04 Å². The molecule has 1 heterocycles. The molecule has 0 spiro atoms. The van der Waals surface area contributed by atoms with Gasteiger partial charge in [-0.05, 0) is 62.8 Å². The number of aryl methyl sites for hydroxylation is 2. The maximum atomic E-state index is 12.8. The molecule has 2 atom stereocenters. The van der Waals surface area contributed by atoms with Crippen LogP contribution in [-0.2, 0) is 27.5 Å². The van der Waals surface area contributed by atoms with E-state index < -0.39 is 9.84 Å². The van der Waals surface area contributed by atoms with Crippen molar-refractivity contribution in [2.75, 3.05) is 23.4 Å². The Kier molecular flexibility index (Phi) is 4.85. The largest absolute Gasteiger partial charge is 0.374 e. The molecule has 132 valence electrons. The number of nitrogens with one attached hydrogen (secondary N) is 1. The molecule has 24 heavy (non-hydrogen) atoms. The monoisotopic (exact) mass is 350 g/mol. The number of sulfone groups is 1. The normalized spacial score (nSPS) is 22.8. The molecule has 5 nitrogen and oxygen atoms in total. The number of likely N-dealkylation sites (N-methyl/N-ethyl adjacent to an activating group) is 1. The lowest BCUT2D eigenvalue weighted by atomic mass is 10.1. The molecule has 2 aliphatic rings. The molecule has 1 aliphatic heterocycles. The zero-order valence-corrected chi connectivity index (χ0v) is 15.2. The number of carbonyl (C=O) groups excluding carboxylic acids is 1.